The molecule has 0 fully saturated rings. The molecule has 3 N–H and O–H groups in total. The fraction of sp³-hybridized carbons (Fsp3) is 0.462. The van der Waals surface area contributed by atoms with Gasteiger partial charge in [-0.2, -0.15) is 0 Å². The lowest BCUT2D eigenvalue weighted by Crippen LogP contribution is -2.24. The number of unbranched alkanes of at least 4 members (excludes halogenated alkanes) is 5. The zero-order valence-corrected chi connectivity index (χ0v) is 19.4. The topological polar surface area (TPSA) is 79.5 Å². The summed E-state index contributed by atoms with van der Waals surface area (Å²) in [5, 5.41) is 8.83. The number of anilines is 2. The Morgan fingerprint density at radius 2 is 1.44 bits per heavy atom. The highest BCUT2D eigenvalue weighted by Crippen LogP contribution is 2.16. The molecule has 0 atom stereocenters. The maximum absolute atomic E-state index is 12.2. The first-order chi connectivity index (χ1) is 15.6. The Morgan fingerprint density at radius 3 is 2.12 bits per heavy atom. The van der Waals surface area contributed by atoms with Gasteiger partial charge in [0.05, 0.1) is 13.2 Å². The number of ether oxygens (including phenoxy) is 1. The van der Waals surface area contributed by atoms with Crippen molar-refractivity contribution >= 4 is 23.2 Å². The standard InChI is InChI=1S/C26H37N3O3/c1-3-5-7-8-9-19-32-24-16-14-23(15-17-24)29-25(30)20-28-22-12-10-21(11-13-22)26(31)27-18-6-4-2/h10-17,28H,3-9,18-20H2,1-2H3,(H,27,31)(H,29,30). The third-order valence-electron chi connectivity index (χ3n) is 5.07. The number of hydrogen-bond donors (Lipinski definition) is 3. The summed E-state index contributed by atoms with van der Waals surface area (Å²) in [6.45, 7) is 5.84. The van der Waals surface area contributed by atoms with Gasteiger partial charge in [-0.3, -0.25) is 9.59 Å². The Hall–Kier alpha value is -3.02. The molecule has 0 radical (unpaired) electrons. The predicted octanol–water partition coefficient (Wildman–Crippen LogP) is 5.62. The number of rotatable bonds is 15. The highest BCUT2D eigenvalue weighted by atomic mass is 16.5. The second kappa shape index (κ2) is 14.9. The summed E-state index contributed by atoms with van der Waals surface area (Å²) < 4.78 is 5.75. The Labute approximate surface area is 192 Å². The highest BCUT2D eigenvalue weighted by Gasteiger charge is 2.06. The van der Waals surface area contributed by atoms with Crippen molar-refractivity contribution in [2.45, 2.75) is 58.8 Å². The van der Waals surface area contributed by atoms with Crippen LogP contribution in [0.25, 0.3) is 0 Å². The van der Waals surface area contributed by atoms with Gasteiger partial charge < -0.3 is 20.7 Å². The Kier molecular flexibility index (Phi) is 11.7. The lowest BCUT2D eigenvalue weighted by atomic mass is 10.2. The van der Waals surface area contributed by atoms with Crippen molar-refractivity contribution in [3.63, 3.8) is 0 Å². The molecular formula is C26H37N3O3. The van der Waals surface area contributed by atoms with E-state index in [1.165, 1.54) is 25.7 Å². The van der Waals surface area contributed by atoms with Crippen LogP contribution < -0.4 is 20.7 Å². The smallest absolute Gasteiger partial charge is 0.251 e. The Bertz CT molecular complexity index is 804. The summed E-state index contributed by atoms with van der Waals surface area (Å²) in [5.41, 5.74) is 2.12. The maximum atomic E-state index is 12.2. The minimum Gasteiger partial charge on any atom is -0.494 e. The van der Waals surface area contributed by atoms with Gasteiger partial charge in [0.25, 0.3) is 5.91 Å². The highest BCUT2D eigenvalue weighted by molar-refractivity contribution is 5.95. The molecule has 0 aliphatic rings. The van der Waals surface area contributed by atoms with Crippen LogP contribution >= 0.6 is 0 Å². The average Bonchev–Trinajstić information content (AvgIpc) is 2.81. The molecule has 6 heteroatoms. The van der Waals surface area contributed by atoms with Gasteiger partial charge in [-0.1, -0.05) is 46.0 Å². The predicted molar refractivity (Wildman–Crippen MR) is 131 cm³/mol. The van der Waals surface area contributed by atoms with Crippen LogP contribution in [0.4, 0.5) is 11.4 Å². The summed E-state index contributed by atoms with van der Waals surface area (Å²) in [6.07, 6.45) is 8.06. The molecule has 2 aromatic rings. The lowest BCUT2D eigenvalue weighted by Gasteiger charge is -2.10. The maximum Gasteiger partial charge on any atom is 0.251 e. The first-order valence-corrected chi connectivity index (χ1v) is 11.8. The SMILES string of the molecule is CCCCCCCOc1ccc(NC(=O)CNc2ccc(C(=O)NCCCC)cc2)cc1. The number of carbonyl (C=O) groups is 2. The van der Waals surface area contributed by atoms with Crippen molar-refractivity contribution in [1.82, 2.24) is 5.32 Å². The van der Waals surface area contributed by atoms with Crippen LogP contribution in [0.5, 0.6) is 5.75 Å². The second-order valence-electron chi connectivity index (χ2n) is 7.88. The zero-order valence-electron chi connectivity index (χ0n) is 19.4. The van der Waals surface area contributed by atoms with E-state index in [1.54, 1.807) is 24.3 Å². The van der Waals surface area contributed by atoms with Gasteiger partial charge >= 0.3 is 0 Å². The van der Waals surface area contributed by atoms with Crippen LogP contribution in [0.3, 0.4) is 0 Å². The molecule has 0 aliphatic carbocycles. The van der Waals surface area contributed by atoms with Gasteiger partial charge in [0.15, 0.2) is 0 Å². The molecule has 2 aromatic carbocycles. The Balaban J connectivity index is 1.68. The molecule has 0 unspecified atom stereocenters. The van der Waals surface area contributed by atoms with Crippen LogP contribution in [0, 0.1) is 0 Å². The van der Waals surface area contributed by atoms with Crippen molar-refractivity contribution in [3.05, 3.63) is 54.1 Å². The van der Waals surface area contributed by atoms with Gasteiger partial charge in [0.1, 0.15) is 5.75 Å². The molecule has 2 rings (SSSR count). The van der Waals surface area contributed by atoms with Crippen molar-refractivity contribution in [3.8, 4) is 5.75 Å². The van der Waals surface area contributed by atoms with E-state index >= 15 is 0 Å². The van der Waals surface area contributed by atoms with Crippen molar-refractivity contribution < 1.29 is 14.3 Å². The number of amides is 2. The molecule has 174 valence electrons. The molecule has 0 aromatic heterocycles. The van der Waals surface area contributed by atoms with E-state index in [-0.39, 0.29) is 18.4 Å². The second-order valence-corrected chi connectivity index (χ2v) is 7.88. The largest absolute Gasteiger partial charge is 0.494 e. The Morgan fingerprint density at radius 1 is 0.781 bits per heavy atom. The normalized spacial score (nSPS) is 10.4. The van der Waals surface area contributed by atoms with E-state index < -0.39 is 0 Å². The number of carbonyl (C=O) groups excluding carboxylic acids is 2. The minimum atomic E-state index is -0.143. The van der Waals surface area contributed by atoms with Gasteiger partial charge in [-0.15, -0.1) is 0 Å². The third kappa shape index (κ3) is 9.86. The van der Waals surface area contributed by atoms with E-state index in [2.05, 4.69) is 29.8 Å². The van der Waals surface area contributed by atoms with Gasteiger partial charge in [-0.25, -0.2) is 0 Å². The van der Waals surface area contributed by atoms with Crippen LogP contribution in [-0.4, -0.2) is 31.5 Å². The lowest BCUT2D eigenvalue weighted by molar-refractivity contribution is -0.114. The molecule has 0 heterocycles. The van der Waals surface area contributed by atoms with E-state index in [0.717, 1.165) is 43.0 Å². The number of hydrogen-bond acceptors (Lipinski definition) is 4. The van der Waals surface area contributed by atoms with Crippen molar-refractivity contribution in [2.24, 2.45) is 0 Å². The van der Waals surface area contributed by atoms with Crippen LogP contribution in [-0.2, 0) is 4.79 Å². The molecule has 0 saturated heterocycles. The molecule has 0 spiro atoms. The quantitative estimate of drug-likeness (QED) is 0.315. The van der Waals surface area contributed by atoms with Crippen LogP contribution in [0.15, 0.2) is 48.5 Å². The molecule has 2 amide bonds. The van der Waals surface area contributed by atoms with Gasteiger partial charge in [0.2, 0.25) is 5.91 Å². The van der Waals surface area contributed by atoms with E-state index in [9.17, 15) is 9.59 Å². The third-order valence-corrected chi connectivity index (χ3v) is 5.07. The molecule has 0 aliphatic heterocycles. The molecule has 6 nitrogen and oxygen atoms in total. The monoisotopic (exact) mass is 439 g/mol. The number of nitrogens with one attached hydrogen (secondary N) is 3. The number of benzene rings is 2. The van der Waals surface area contributed by atoms with Crippen LogP contribution in [0.1, 0.15) is 69.2 Å². The summed E-state index contributed by atoms with van der Waals surface area (Å²) in [4.78, 5) is 24.3. The van der Waals surface area contributed by atoms with E-state index in [0.29, 0.717) is 12.1 Å². The van der Waals surface area contributed by atoms with Crippen LogP contribution in [0.2, 0.25) is 0 Å². The summed E-state index contributed by atoms with van der Waals surface area (Å²) in [7, 11) is 0. The molecule has 0 bridgehead atoms. The molecule has 0 saturated carbocycles. The minimum absolute atomic E-state index is 0.0772. The molecule has 32 heavy (non-hydrogen) atoms. The zero-order chi connectivity index (χ0) is 23.0. The van der Waals surface area contributed by atoms with E-state index in [4.69, 9.17) is 4.74 Å². The fourth-order valence-corrected chi connectivity index (χ4v) is 3.14. The van der Waals surface area contributed by atoms with Crippen molar-refractivity contribution in [1.29, 1.82) is 0 Å². The van der Waals surface area contributed by atoms with Gasteiger partial charge in [-0.05, 0) is 61.4 Å². The fourth-order valence-electron chi connectivity index (χ4n) is 3.14. The van der Waals surface area contributed by atoms with Gasteiger partial charge in [0, 0.05) is 23.5 Å². The first-order valence-electron chi connectivity index (χ1n) is 11.8. The summed E-state index contributed by atoms with van der Waals surface area (Å²) in [6, 6.07) is 14.5. The molecular weight excluding hydrogens is 402 g/mol. The average molecular weight is 440 g/mol. The van der Waals surface area contributed by atoms with E-state index in [1.807, 2.05) is 24.3 Å². The first kappa shape index (κ1) is 25.2. The summed E-state index contributed by atoms with van der Waals surface area (Å²) >= 11 is 0. The van der Waals surface area contributed by atoms with Crippen molar-refractivity contribution in [2.75, 3.05) is 30.3 Å². The summed E-state index contributed by atoms with van der Waals surface area (Å²) in [5.74, 6) is 0.595.